The van der Waals surface area contributed by atoms with Gasteiger partial charge in [0.05, 0.1) is 5.41 Å². The average Bonchev–Trinajstić information content (AvgIpc) is 3.35. The molecule has 2 fully saturated rings. The zero-order valence-corrected chi connectivity index (χ0v) is 22.7. The molecule has 2 aliphatic rings. The van der Waals surface area contributed by atoms with E-state index in [1.165, 1.54) is 0 Å². The van der Waals surface area contributed by atoms with Crippen molar-refractivity contribution < 1.29 is 29.0 Å². The number of carboxylic acid groups (broad SMARTS) is 1. The van der Waals surface area contributed by atoms with Gasteiger partial charge in [-0.05, 0) is 57.9 Å². The molecule has 1 aromatic rings. The molecule has 3 amide bonds. The van der Waals surface area contributed by atoms with E-state index in [0.717, 1.165) is 5.56 Å². The zero-order valence-electron chi connectivity index (χ0n) is 22.7. The number of nitrogens with one attached hydrogen (secondary N) is 1. The maximum atomic E-state index is 14.2. The van der Waals surface area contributed by atoms with Gasteiger partial charge in [-0.3, -0.25) is 9.59 Å². The van der Waals surface area contributed by atoms with Crippen molar-refractivity contribution in [2.75, 3.05) is 19.6 Å². The van der Waals surface area contributed by atoms with Crippen molar-refractivity contribution in [3.05, 3.63) is 35.9 Å². The van der Waals surface area contributed by atoms with E-state index in [4.69, 9.17) is 4.74 Å². The lowest BCUT2D eigenvalue weighted by Crippen LogP contribution is -2.58. The first kappa shape index (κ1) is 28.5. The summed E-state index contributed by atoms with van der Waals surface area (Å²) < 4.78 is 5.54. The Morgan fingerprint density at radius 3 is 2.27 bits per heavy atom. The molecule has 9 heteroatoms. The summed E-state index contributed by atoms with van der Waals surface area (Å²) in [6.45, 7) is 10.3. The molecule has 3 rings (SSSR count). The highest BCUT2D eigenvalue weighted by Gasteiger charge is 2.49. The minimum atomic E-state index is -1.08. The van der Waals surface area contributed by atoms with Gasteiger partial charge in [0, 0.05) is 19.6 Å². The van der Waals surface area contributed by atoms with Gasteiger partial charge in [-0.1, -0.05) is 50.6 Å². The minimum absolute atomic E-state index is 0.143. The molecule has 0 aliphatic carbocycles. The van der Waals surface area contributed by atoms with Crippen LogP contribution in [-0.2, 0) is 24.5 Å². The van der Waals surface area contributed by atoms with Crippen molar-refractivity contribution in [2.24, 2.45) is 5.92 Å². The van der Waals surface area contributed by atoms with Crippen LogP contribution < -0.4 is 5.32 Å². The molecule has 3 atom stereocenters. The number of piperidine rings is 1. The van der Waals surface area contributed by atoms with Crippen molar-refractivity contribution in [1.82, 2.24) is 15.1 Å². The second-order valence-corrected chi connectivity index (χ2v) is 11.3. The fourth-order valence-corrected chi connectivity index (χ4v) is 5.27. The Morgan fingerprint density at radius 1 is 1.11 bits per heavy atom. The van der Waals surface area contributed by atoms with Gasteiger partial charge in [-0.15, -0.1) is 0 Å². The highest BCUT2D eigenvalue weighted by molar-refractivity contribution is 5.95. The molecular weight excluding hydrogens is 474 g/mol. The number of carbonyl (C=O) groups excluding carboxylic acids is 3. The third kappa shape index (κ3) is 6.43. The van der Waals surface area contributed by atoms with E-state index in [2.05, 4.69) is 5.32 Å². The third-order valence-corrected chi connectivity index (χ3v) is 7.60. The number of ether oxygens (including phenoxy) is 1. The molecule has 204 valence electrons. The van der Waals surface area contributed by atoms with Crippen LogP contribution in [0.4, 0.5) is 4.79 Å². The SMILES string of the molecule is CC[C@H](C)[C@H](NC(=O)[C@@H]1CCCN1C(=O)C1(c2ccccc2)CCN(C(=O)OC(C)(C)C)CC1)C(=O)O. The molecule has 0 radical (unpaired) electrons. The molecule has 0 spiro atoms. The number of likely N-dealkylation sites (tertiary alicyclic amines) is 2. The molecule has 2 saturated heterocycles. The van der Waals surface area contributed by atoms with Crippen LogP contribution in [0.25, 0.3) is 0 Å². The van der Waals surface area contributed by atoms with E-state index in [1.54, 1.807) is 16.7 Å². The molecule has 2 heterocycles. The zero-order chi connectivity index (χ0) is 27.4. The fraction of sp³-hybridized carbons (Fsp3) is 0.643. The summed E-state index contributed by atoms with van der Waals surface area (Å²) in [6.07, 6.45) is 2.18. The first-order chi connectivity index (χ1) is 17.4. The summed E-state index contributed by atoms with van der Waals surface area (Å²) in [5.74, 6) is -1.88. The maximum absolute atomic E-state index is 14.2. The predicted molar refractivity (Wildman–Crippen MR) is 139 cm³/mol. The molecule has 1 aromatic carbocycles. The highest BCUT2D eigenvalue weighted by atomic mass is 16.6. The van der Waals surface area contributed by atoms with Crippen LogP contribution in [0, 0.1) is 5.92 Å². The van der Waals surface area contributed by atoms with Gasteiger partial charge in [-0.2, -0.15) is 0 Å². The normalized spacial score (nSPS) is 21.2. The van der Waals surface area contributed by atoms with Crippen LogP contribution in [0.3, 0.4) is 0 Å². The fourth-order valence-electron chi connectivity index (χ4n) is 5.27. The highest BCUT2D eigenvalue weighted by Crippen LogP contribution is 2.39. The number of hydrogen-bond acceptors (Lipinski definition) is 5. The summed E-state index contributed by atoms with van der Waals surface area (Å²) in [6, 6.07) is 7.80. The van der Waals surface area contributed by atoms with Gasteiger partial charge in [0.15, 0.2) is 0 Å². The number of carbonyl (C=O) groups is 4. The Hall–Kier alpha value is -3.10. The number of rotatable bonds is 7. The molecular formula is C28H41N3O6. The minimum Gasteiger partial charge on any atom is -0.480 e. The van der Waals surface area contributed by atoms with E-state index < -0.39 is 41.1 Å². The Labute approximate surface area is 219 Å². The van der Waals surface area contributed by atoms with E-state index in [9.17, 15) is 24.3 Å². The number of aliphatic carboxylic acids is 1. The molecule has 0 saturated carbocycles. The van der Waals surface area contributed by atoms with Gasteiger partial charge in [-0.25, -0.2) is 9.59 Å². The summed E-state index contributed by atoms with van der Waals surface area (Å²) in [7, 11) is 0. The maximum Gasteiger partial charge on any atom is 0.410 e. The van der Waals surface area contributed by atoms with Crippen molar-refractivity contribution in [2.45, 2.75) is 89.8 Å². The van der Waals surface area contributed by atoms with Crippen molar-refractivity contribution >= 4 is 23.9 Å². The van der Waals surface area contributed by atoms with Crippen molar-refractivity contribution in [3.8, 4) is 0 Å². The molecule has 2 aliphatic heterocycles. The Bertz CT molecular complexity index is 981. The number of nitrogens with zero attached hydrogens (tertiary/aromatic N) is 2. The number of benzene rings is 1. The number of hydrogen-bond donors (Lipinski definition) is 2. The second kappa shape index (κ2) is 11.5. The van der Waals surface area contributed by atoms with Crippen LogP contribution in [0.15, 0.2) is 30.3 Å². The Balaban J connectivity index is 1.83. The first-order valence-electron chi connectivity index (χ1n) is 13.3. The lowest BCUT2D eigenvalue weighted by molar-refractivity contribution is -0.147. The molecule has 9 nitrogen and oxygen atoms in total. The van der Waals surface area contributed by atoms with Crippen LogP contribution in [0.5, 0.6) is 0 Å². The Morgan fingerprint density at radius 2 is 1.73 bits per heavy atom. The standard InChI is InChI=1S/C28H41N3O6/c1-6-19(2)22(24(33)34)29-23(32)21-13-10-16-31(21)25(35)28(20-11-8-7-9-12-20)14-17-30(18-15-28)26(36)37-27(3,4)5/h7-9,11-12,19,21-22H,6,10,13-18H2,1-5H3,(H,29,32)(H,33,34)/t19-,21-,22-/m0/s1. The predicted octanol–water partition coefficient (Wildman–Crippen LogP) is 3.56. The molecule has 2 N–H and O–H groups in total. The molecule has 0 unspecified atom stereocenters. The van der Waals surface area contributed by atoms with Gasteiger partial charge in [0.25, 0.3) is 0 Å². The molecule has 0 aromatic heterocycles. The number of amides is 3. The second-order valence-electron chi connectivity index (χ2n) is 11.3. The topological polar surface area (TPSA) is 116 Å². The third-order valence-electron chi connectivity index (χ3n) is 7.60. The van der Waals surface area contributed by atoms with Crippen LogP contribution in [0.2, 0.25) is 0 Å². The van der Waals surface area contributed by atoms with Gasteiger partial charge < -0.3 is 25.0 Å². The lowest BCUT2D eigenvalue weighted by atomic mass is 9.71. The summed E-state index contributed by atoms with van der Waals surface area (Å²) >= 11 is 0. The lowest BCUT2D eigenvalue weighted by Gasteiger charge is -2.44. The largest absolute Gasteiger partial charge is 0.480 e. The van der Waals surface area contributed by atoms with Gasteiger partial charge in [0.1, 0.15) is 17.7 Å². The van der Waals surface area contributed by atoms with Crippen molar-refractivity contribution in [1.29, 1.82) is 0 Å². The first-order valence-corrected chi connectivity index (χ1v) is 13.3. The quantitative estimate of drug-likeness (QED) is 0.574. The smallest absolute Gasteiger partial charge is 0.410 e. The van der Waals surface area contributed by atoms with E-state index in [-0.39, 0.29) is 11.8 Å². The van der Waals surface area contributed by atoms with Gasteiger partial charge in [0.2, 0.25) is 11.8 Å². The number of carboxylic acids is 1. The van der Waals surface area contributed by atoms with Crippen LogP contribution in [0.1, 0.15) is 72.3 Å². The van der Waals surface area contributed by atoms with Crippen LogP contribution >= 0.6 is 0 Å². The van der Waals surface area contributed by atoms with E-state index in [1.807, 2.05) is 58.0 Å². The summed E-state index contributed by atoms with van der Waals surface area (Å²) in [4.78, 5) is 55.2. The molecule has 37 heavy (non-hydrogen) atoms. The van der Waals surface area contributed by atoms with Crippen LogP contribution in [-0.4, -0.2) is 76.1 Å². The summed E-state index contributed by atoms with van der Waals surface area (Å²) in [5.41, 5.74) is -0.635. The van der Waals surface area contributed by atoms with E-state index >= 15 is 0 Å². The molecule has 0 bridgehead atoms. The summed E-state index contributed by atoms with van der Waals surface area (Å²) in [5, 5.41) is 12.3. The Kier molecular flexibility index (Phi) is 8.87. The van der Waals surface area contributed by atoms with Crippen molar-refractivity contribution in [3.63, 3.8) is 0 Å². The average molecular weight is 516 g/mol. The monoisotopic (exact) mass is 515 g/mol. The van der Waals surface area contributed by atoms with E-state index in [0.29, 0.717) is 51.7 Å². The van der Waals surface area contributed by atoms with Gasteiger partial charge >= 0.3 is 12.1 Å².